The van der Waals surface area contributed by atoms with Gasteiger partial charge in [0.2, 0.25) is 8.67 Å². The zero-order valence-electron chi connectivity index (χ0n) is 7.87. The summed E-state index contributed by atoms with van der Waals surface area (Å²) in [5, 5.41) is 0.372. The first-order valence-corrected chi connectivity index (χ1v) is 5.76. The van der Waals surface area contributed by atoms with Crippen LogP contribution >= 0.6 is 20.3 Å². The highest BCUT2D eigenvalue weighted by molar-refractivity contribution is 7.15. The van der Waals surface area contributed by atoms with Gasteiger partial charge >= 0.3 is 0 Å². The van der Waals surface area contributed by atoms with Crippen LogP contribution in [0.3, 0.4) is 0 Å². The van der Waals surface area contributed by atoms with Crippen molar-refractivity contribution in [3.05, 3.63) is 23.6 Å². The Bertz CT molecular complexity index is 231. The molecule has 5 heteroatoms. The Morgan fingerprint density at radius 2 is 2.00 bits per heavy atom. The van der Waals surface area contributed by atoms with Crippen molar-refractivity contribution in [2.24, 2.45) is 0 Å². The van der Waals surface area contributed by atoms with E-state index in [-0.39, 0.29) is 8.67 Å². The Balaban J connectivity index is 0.000000146. The molecular formula is C9H14ClO3P. The van der Waals surface area contributed by atoms with Crippen molar-refractivity contribution >= 4 is 20.3 Å². The first kappa shape index (κ1) is 11.7. The van der Waals surface area contributed by atoms with Gasteiger partial charge < -0.3 is 13.1 Å². The lowest BCUT2D eigenvalue weighted by Crippen LogP contribution is -2.03. The molecule has 0 amide bonds. The smallest absolute Gasteiger partial charge is 0.202 e. The van der Waals surface area contributed by atoms with Crippen LogP contribution in [0.5, 0.6) is 0 Å². The number of halogens is 1. The predicted octanol–water partition coefficient (Wildman–Crippen LogP) is 3.87. The van der Waals surface area contributed by atoms with Crippen LogP contribution in [0.1, 0.15) is 19.3 Å². The van der Waals surface area contributed by atoms with E-state index in [1.54, 1.807) is 12.1 Å². The SMILES string of the molecule is C1CCOCC1.Clc1ccco[pH]o1. The Hall–Kier alpha value is -0.370. The minimum absolute atomic E-state index is 0.0120. The van der Waals surface area contributed by atoms with E-state index in [1.807, 2.05) is 0 Å². The maximum absolute atomic E-state index is 5.44. The molecule has 3 nitrogen and oxygen atoms in total. The summed E-state index contributed by atoms with van der Waals surface area (Å²) in [5.74, 6) is 0. The highest BCUT2D eigenvalue weighted by atomic mass is 35.5. The molecule has 0 N–H and O–H groups in total. The van der Waals surface area contributed by atoms with E-state index in [0.717, 1.165) is 13.2 Å². The van der Waals surface area contributed by atoms with Crippen molar-refractivity contribution < 1.29 is 13.1 Å². The Labute approximate surface area is 90.0 Å². The average Bonchev–Trinajstić information content (AvgIpc) is 2.49. The fraction of sp³-hybridized carbons (Fsp3) is 0.556. The molecule has 14 heavy (non-hydrogen) atoms. The summed E-state index contributed by atoms with van der Waals surface area (Å²) in [4.78, 5) is 0. The van der Waals surface area contributed by atoms with Gasteiger partial charge in [0.1, 0.15) is 0 Å². The third-order valence-electron chi connectivity index (χ3n) is 1.64. The number of rotatable bonds is 0. The highest BCUT2D eigenvalue weighted by Gasteiger charge is 1.95. The standard InChI is InChI=1S/C5H10O.C4H4ClO2P/c1-2-4-6-5-3-1;5-4-2-1-3-6-8-7-4/h1-5H2;1-3,8H. The van der Waals surface area contributed by atoms with E-state index in [1.165, 1.54) is 25.5 Å². The van der Waals surface area contributed by atoms with Gasteiger partial charge in [-0.3, -0.25) is 0 Å². The average molecular weight is 237 g/mol. The summed E-state index contributed by atoms with van der Waals surface area (Å²) in [6.07, 6.45) is 5.47. The molecule has 1 aliphatic heterocycles. The fourth-order valence-electron chi connectivity index (χ4n) is 0.967. The van der Waals surface area contributed by atoms with Gasteiger partial charge in [0.15, 0.2) is 5.22 Å². The molecule has 2 rings (SSSR count). The second-order valence-electron chi connectivity index (χ2n) is 2.78. The molecular weight excluding hydrogens is 223 g/mol. The van der Waals surface area contributed by atoms with Crippen LogP contribution in [-0.4, -0.2) is 13.2 Å². The lowest BCUT2D eigenvalue weighted by atomic mass is 10.2. The van der Waals surface area contributed by atoms with E-state index in [0.29, 0.717) is 5.22 Å². The lowest BCUT2D eigenvalue weighted by Gasteiger charge is -2.08. The van der Waals surface area contributed by atoms with Crippen molar-refractivity contribution in [3.63, 3.8) is 0 Å². The third-order valence-corrected chi connectivity index (χ3v) is 2.51. The molecule has 1 saturated heterocycles. The maximum atomic E-state index is 5.44. The van der Waals surface area contributed by atoms with Gasteiger partial charge in [0.05, 0.1) is 6.26 Å². The summed E-state index contributed by atoms with van der Waals surface area (Å²) < 4.78 is 14.6. The second kappa shape index (κ2) is 7.98. The van der Waals surface area contributed by atoms with Crippen LogP contribution in [0.4, 0.5) is 0 Å². The predicted molar refractivity (Wildman–Crippen MR) is 57.8 cm³/mol. The van der Waals surface area contributed by atoms with Gasteiger partial charge in [-0.15, -0.1) is 0 Å². The molecule has 1 fully saturated rings. The van der Waals surface area contributed by atoms with E-state index >= 15 is 0 Å². The topological polar surface area (TPSA) is 35.5 Å². The molecule has 1 atom stereocenters. The van der Waals surface area contributed by atoms with Crippen molar-refractivity contribution in [2.45, 2.75) is 19.3 Å². The van der Waals surface area contributed by atoms with Gasteiger partial charge in [-0.25, -0.2) is 0 Å². The highest BCUT2D eigenvalue weighted by Crippen LogP contribution is 2.10. The van der Waals surface area contributed by atoms with Crippen LogP contribution in [0.15, 0.2) is 26.8 Å². The van der Waals surface area contributed by atoms with Crippen molar-refractivity contribution in [1.29, 1.82) is 0 Å². The van der Waals surface area contributed by atoms with Crippen molar-refractivity contribution in [1.82, 2.24) is 0 Å². The Morgan fingerprint density at radius 3 is 2.57 bits per heavy atom. The van der Waals surface area contributed by atoms with Gasteiger partial charge in [-0.2, -0.15) is 0 Å². The van der Waals surface area contributed by atoms with Crippen LogP contribution < -0.4 is 0 Å². The molecule has 0 radical (unpaired) electrons. The van der Waals surface area contributed by atoms with E-state index in [9.17, 15) is 0 Å². The quantitative estimate of drug-likeness (QED) is 0.686. The number of ether oxygens (including phenoxy) is 1. The van der Waals surface area contributed by atoms with Crippen molar-refractivity contribution in [2.75, 3.05) is 13.2 Å². The number of hydrogen-bond donors (Lipinski definition) is 0. The fourth-order valence-corrected chi connectivity index (χ4v) is 1.46. The van der Waals surface area contributed by atoms with Crippen molar-refractivity contribution in [3.8, 4) is 0 Å². The van der Waals surface area contributed by atoms with Crippen LogP contribution in [0.2, 0.25) is 5.22 Å². The first-order chi connectivity index (χ1) is 6.89. The van der Waals surface area contributed by atoms with Gasteiger partial charge in [0, 0.05) is 13.2 Å². The molecule has 80 valence electrons. The summed E-state index contributed by atoms with van der Waals surface area (Å²) in [7, 11) is -0.0120. The summed E-state index contributed by atoms with van der Waals surface area (Å²) >= 11 is 5.44. The van der Waals surface area contributed by atoms with Crippen LogP contribution in [-0.2, 0) is 4.74 Å². The Kier molecular flexibility index (Phi) is 6.67. The molecule has 0 aromatic carbocycles. The zero-order valence-corrected chi connectivity index (χ0v) is 9.63. The molecule has 1 aromatic rings. The summed E-state index contributed by atoms with van der Waals surface area (Å²) in [6.45, 7) is 2.00. The molecule has 0 bridgehead atoms. The molecule has 0 saturated carbocycles. The molecule has 1 unspecified atom stereocenters. The van der Waals surface area contributed by atoms with Gasteiger partial charge in [0.25, 0.3) is 0 Å². The van der Waals surface area contributed by atoms with Gasteiger partial charge in [-0.1, -0.05) is 0 Å². The summed E-state index contributed by atoms with van der Waals surface area (Å²) in [6, 6.07) is 3.31. The molecule has 1 aromatic heterocycles. The second-order valence-corrected chi connectivity index (χ2v) is 3.75. The largest absolute Gasteiger partial charge is 0.430 e. The third kappa shape index (κ3) is 6.14. The lowest BCUT2D eigenvalue weighted by molar-refractivity contribution is 0.0968. The first-order valence-electron chi connectivity index (χ1n) is 4.57. The van der Waals surface area contributed by atoms with Gasteiger partial charge in [-0.05, 0) is 43.0 Å². The molecule has 1 aliphatic rings. The maximum Gasteiger partial charge on any atom is 0.202 e. The monoisotopic (exact) mass is 236 g/mol. The van der Waals surface area contributed by atoms with Crippen LogP contribution in [0, 0.1) is 0 Å². The minimum Gasteiger partial charge on any atom is -0.430 e. The van der Waals surface area contributed by atoms with E-state index in [2.05, 4.69) is 0 Å². The normalized spacial score (nSPS) is 15.8. The van der Waals surface area contributed by atoms with Crippen LogP contribution in [0.25, 0.3) is 0 Å². The molecule has 0 spiro atoms. The minimum atomic E-state index is -0.0120. The van der Waals surface area contributed by atoms with E-state index in [4.69, 9.17) is 24.7 Å². The zero-order chi connectivity index (χ0) is 10.1. The Morgan fingerprint density at radius 1 is 1.21 bits per heavy atom. The molecule has 0 aliphatic carbocycles. The van der Waals surface area contributed by atoms with E-state index < -0.39 is 0 Å². The molecule has 2 heterocycles. The summed E-state index contributed by atoms with van der Waals surface area (Å²) in [5.41, 5.74) is 0. The number of hydrogen-bond acceptors (Lipinski definition) is 3.